The lowest BCUT2D eigenvalue weighted by molar-refractivity contribution is 0.118. The van der Waals surface area contributed by atoms with Crippen molar-refractivity contribution in [1.82, 2.24) is 0 Å². The molecule has 9 aromatic carbocycles. The van der Waals surface area contributed by atoms with Crippen LogP contribution in [0.25, 0.3) is 43.8 Å². The number of hydrogen-bond acceptors (Lipinski definition) is 4. The van der Waals surface area contributed by atoms with Crippen LogP contribution in [0.5, 0.6) is 0 Å². The Morgan fingerprint density at radius 2 is 0.689 bits per heavy atom. The van der Waals surface area contributed by atoms with E-state index >= 15 is 0 Å². The van der Waals surface area contributed by atoms with Crippen LogP contribution in [0.1, 0.15) is 126 Å². The van der Waals surface area contributed by atoms with Crippen LogP contribution in [0, 0.1) is 0 Å². The highest BCUT2D eigenvalue weighted by molar-refractivity contribution is 9.11. The van der Waals surface area contributed by atoms with E-state index in [0.717, 1.165) is 95.1 Å². The van der Waals surface area contributed by atoms with E-state index < -0.39 is 10.8 Å². The summed E-state index contributed by atoms with van der Waals surface area (Å²) in [4.78, 5) is 0. The van der Waals surface area contributed by atoms with Crippen LogP contribution in [-0.2, 0) is 51.5 Å². The zero-order valence-corrected chi connectivity index (χ0v) is 46.0. The summed E-state index contributed by atoms with van der Waals surface area (Å²) in [5.74, 6) is 0. The quantitative estimate of drug-likeness (QED) is 0.0773. The molecule has 2 aliphatic rings. The van der Waals surface area contributed by atoms with Crippen LogP contribution < -0.4 is 0 Å². The van der Waals surface area contributed by atoms with Gasteiger partial charge in [0.15, 0.2) is 0 Å². The molecule has 0 saturated heterocycles. The molecule has 1 atom stereocenters. The molecule has 0 aliphatic heterocycles. The van der Waals surface area contributed by atoms with Gasteiger partial charge in [0.05, 0.1) is 37.3 Å². The fraction of sp³-hybridized carbons (Fsp3) is 0.265. The number of fused-ring (bicyclic) bond motifs is 10. The molecule has 0 radical (unpaired) electrons. The van der Waals surface area contributed by atoms with E-state index in [1.54, 1.807) is 0 Å². The molecule has 4 nitrogen and oxygen atoms in total. The summed E-state index contributed by atoms with van der Waals surface area (Å²) in [5.41, 5.74) is 17.4. The van der Waals surface area contributed by atoms with Crippen LogP contribution in [0.2, 0.25) is 0 Å². The Bertz CT molecular complexity index is 3400. The molecule has 6 heteroatoms. The third-order valence-corrected chi connectivity index (χ3v) is 17.1. The smallest absolute Gasteiger partial charge is 0.0716 e. The van der Waals surface area contributed by atoms with Gasteiger partial charge in [-0.3, -0.25) is 0 Å². The van der Waals surface area contributed by atoms with Gasteiger partial charge < -0.3 is 19.3 Å². The number of hydrogen-bond donors (Lipinski definition) is 1. The number of halogens is 2. The first-order valence-electron chi connectivity index (χ1n) is 26.7. The number of unbranched alkanes of at least 4 members (excludes halogenated alkanes) is 3. The maximum absolute atomic E-state index is 10.4. The number of aliphatic hydroxyl groups excluding tert-OH is 1. The average Bonchev–Trinajstić information content (AvgIpc) is 3.93. The molecule has 374 valence electrons. The predicted molar refractivity (Wildman–Crippen MR) is 311 cm³/mol. The third kappa shape index (κ3) is 8.70. The summed E-state index contributed by atoms with van der Waals surface area (Å²) >= 11 is 8.30. The van der Waals surface area contributed by atoms with Crippen LogP contribution in [0.15, 0.2) is 179 Å². The molecule has 0 bridgehead atoms. The highest BCUT2D eigenvalue weighted by Gasteiger charge is 2.52. The molecule has 0 fully saturated rings. The second-order valence-corrected chi connectivity index (χ2v) is 22.0. The van der Waals surface area contributed by atoms with Gasteiger partial charge in [-0.05, 0) is 154 Å². The van der Waals surface area contributed by atoms with Gasteiger partial charge in [-0.2, -0.15) is 0 Å². The summed E-state index contributed by atoms with van der Waals surface area (Å²) in [6, 6.07) is 64.1. The van der Waals surface area contributed by atoms with E-state index in [9.17, 15) is 5.11 Å². The molecule has 2 aliphatic carbocycles. The summed E-state index contributed by atoms with van der Waals surface area (Å²) < 4.78 is 20.7. The van der Waals surface area contributed by atoms with Crippen molar-refractivity contribution in [2.75, 3.05) is 19.8 Å². The Labute approximate surface area is 454 Å². The summed E-state index contributed by atoms with van der Waals surface area (Å²) in [5, 5.41) is 15.2. The molecular formula is C68H64Br2O4. The molecule has 0 saturated carbocycles. The van der Waals surface area contributed by atoms with Crippen molar-refractivity contribution in [1.29, 1.82) is 0 Å². The predicted octanol–water partition coefficient (Wildman–Crippen LogP) is 17.7. The molecule has 74 heavy (non-hydrogen) atoms. The minimum absolute atomic E-state index is 0.0297. The third-order valence-electron chi connectivity index (χ3n) is 15.8. The molecule has 11 rings (SSSR count). The van der Waals surface area contributed by atoms with Crippen LogP contribution in [0.3, 0.4) is 0 Å². The lowest BCUT2D eigenvalue weighted by atomic mass is 9.65. The Morgan fingerprint density at radius 1 is 0.378 bits per heavy atom. The minimum atomic E-state index is -0.753. The van der Waals surface area contributed by atoms with Crippen LogP contribution >= 0.6 is 31.9 Å². The van der Waals surface area contributed by atoms with Crippen molar-refractivity contribution >= 4 is 53.4 Å². The molecule has 0 amide bonds. The first-order chi connectivity index (χ1) is 36.4. The summed E-state index contributed by atoms with van der Waals surface area (Å²) in [6.45, 7) is 10.5. The minimum Gasteiger partial charge on any atom is -0.392 e. The Hall–Kier alpha value is -5.70. The number of rotatable bonds is 20. The summed E-state index contributed by atoms with van der Waals surface area (Å²) in [7, 11) is 0. The Balaban J connectivity index is 1.24. The molecule has 0 spiro atoms. The maximum Gasteiger partial charge on any atom is 0.0716 e. The zero-order chi connectivity index (χ0) is 50.8. The van der Waals surface area contributed by atoms with Crippen LogP contribution in [0.4, 0.5) is 0 Å². The van der Waals surface area contributed by atoms with Gasteiger partial charge in [-0.15, -0.1) is 0 Å². The average molecular weight is 1110 g/mol. The summed E-state index contributed by atoms with van der Waals surface area (Å²) in [6.07, 6.45) is 6.45. The molecule has 0 heterocycles. The van der Waals surface area contributed by atoms with Gasteiger partial charge in [-0.25, -0.2) is 0 Å². The van der Waals surface area contributed by atoms with E-state index in [1.807, 2.05) is 0 Å². The van der Waals surface area contributed by atoms with E-state index in [4.69, 9.17) is 14.2 Å². The number of benzene rings is 9. The Morgan fingerprint density at radius 3 is 1.00 bits per heavy atom. The van der Waals surface area contributed by atoms with Gasteiger partial charge in [0, 0.05) is 28.8 Å². The topological polar surface area (TPSA) is 47.9 Å². The SMILES string of the molecule is CCCCOCc1ccc(C2(c3ccc(CO)cc3)c3cc4c(cc3-c3c2cc(Br)c2ccccc32)C(c2ccc(COCCCC)cc2)(c2ccc(COCCCC)cc2)c2cc(Br)c3ccccc3c2-4)cc1. The molecular weight excluding hydrogens is 1040 g/mol. The number of ether oxygens (including phenoxy) is 3. The van der Waals surface area contributed by atoms with Crippen molar-refractivity contribution in [2.24, 2.45) is 0 Å². The monoisotopic (exact) mass is 1100 g/mol. The largest absolute Gasteiger partial charge is 0.392 e. The van der Waals surface area contributed by atoms with E-state index in [2.05, 4.69) is 222 Å². The van der Waals surface area contributed by atoms with Crippen molar-refractivity contribution in [2.45, 2.75) is 96.6 Å². The first kappa shape index (κ1) is 50.5. The van der Waals surface area contributed by atoms with E-state index in [0.29, 0.717) is 19.8 Å². The first-order valence-corrected chi connectivity index (χ1v) is 28.3. The number of aliphatic hydroxyl groups is 1. The van der Waals surface area contributed by atoms with Crippen molar-refractivity contribution in [3.63, 3.8) is 0 Å². The van der Waals surface area contributed by atoms with E-state index in [-0.39, 0.29) is 6.61 Å². The fourth-order valence-electron chi connectivity index (χ4n) is 12.1. The molecule has 0 aromatic heterocycles. The highest BCUT2D eigenvalue weighted by atomic mass is 79.9. The molecule has 9 aromatic rings. The van der Waals surface area contributed by atoms with Gasteiger partial charge in [0.25, 0.3) is 0 Å². The maximum atomic E-state index is 10.4. The van der Waals surface area contributed by atoms with Gasteiger partial charge in [0.1, 0.15) is 0 Å². The second-order valence-electron chi connectivity index (χ2n) is 20.3. The lowest BCUT2D eigenvalue weighted by Crippen LogP contribution is -2.30. The molecule has 1 N–H and O–H groups in total. The van der Waals surface area contributed by atoms with E-state index in [1.165, 1.54) is 82.7 Å². The van der Waals surface area contributed by atoms with Gasteiger partial charge in [-0.1, -0.05) is 217 Å². The lowest BCUT2D eigenvalue weighted by Gasteiger charge is -2.36. The van der Waals surface area contributed by atoms with Crippen molar-refractivity contribution in [3.05, 3.63) is 246 Å². The second kappa shape index (κ2) is 21.9. The molecule has 1 unspecified atom stereocenters. The van der Waals surface area contributed by atoms with Crippen LogP contribution in [-0.4, -0.2) is 24.9 Å². The fourth-order valence-corrected chi connectivity index (χ4v) is 13.2. The Kier molecular flexibility index (Phi) is 14.9. The highest BCUT2D eigenvalue weighted by Crippen LogP contribution is 2.65. The van der Waals surface area contributed by atoms with Gasteiger partial charge in [0.2, 0.25) is 0 Å². The van der Waals surface area contributed by atoms with Crippen molar-refractivity contribution < 1.29 is 19.3 Å². The normalized spacial score (nSPS) is 15.1. The van der Waals surface area contributed by atoms with Crippen molar-refractivity contribution in [3.8, 4) is 22.3 Å². The van der Waals surface area contributed by atoms with Gasteiger partial charge >= 0.3 is 0 Å². The zero-order valence-electron chi connectivity index (χ0n) is 42.8. The standard InChI is InChI=1S/C68H64Br2O4/c1-4-7-34-72-42-46-20-28-50(29-21-46)67(49-26-18-45(41-71)19-27-49)59-37-58-60(38-57(59)65-55-16-12-10-14-53(55)63(69)39-61(65)67)68(51-30-22-47(23-31-51)43-73-35-8-5-2,52-32-24-48(25-33-52)44-74-36-9-6-3)62-40-64(70)54-15-11-13-17-56(54)66(58)62/h10-33,37-40,71H,4-9,34-36,41-44H2,1-3H3.